The number of benzene rings is 2. The Kier molecular flexibility index (Phi) is 5.74. The third-order valence-electron chi connectivity index (χ3n) is 5.45. The lowest BCUT2D eigenvalue weighted by atomic mass is 10.1. The second-order valence-electron chi connectivity index (χ2n) is 7.90. The Balaban J connectivity index is 1.31. The van der Waals surface area contributed by atoms with Crippen LogP contribution in [0.5, 0.6) is 0 Å². The highest BCUT2D eigenvalue weighted by atomic mass is 16.4. The van der Waals surface area contributed by atoms with E-state index in [-0.39, 0.29) is 24.5 Å². The molecular formula is C24H19N7O5. The largest absolute Gasteiger partial charge is 0.417 e. The van der Waals surface area contributed by atoms with Gasteiger partial charge in [0.15, 0.2) is 11.2 Å². The summed E-state index contributed by atoms with van der Waals surface area (Å²) in [6, 6.07) is 14.5. The maximum atomic E-state index is 12.9. The fourth-order valence-electron chi connectivity index (χ4n) is 3.63. The predicted molar refractivity (Wildman–Crippen MR) is 127 cm³/mol. The number of amides is 3. The summed E-state index contributed by atoms with van der Waals surface area (Å²) < 4.78 is 6.31. The summed E-state index contributed by atoms with van der Waals surface area (Å²) in [7, 11) is 0. The van der Waals surface area contributed by atoms with E-state index >= 15 is 0 Å². The van der Waals surface area contributed by atoms with E-state index in [1.54, 1.807) is 48.5 Å². The molecule has 0 saturated carbocycles. The van der Waals surface area contributed by atoms with Gasteiger partial charge in [0, 0.05) is 30.8 Å². The Morgan fingerprint density at radius 3 is 2.44 bits per heavy atom. The molecule has 2 aromatic carbocycles. The second-order valence-corrected chi connectivity index (χ2v) is 7.90. The van der Waals surface area contributed by atoms with Crippen LogP contribution < -0.4 is 22.1 Å². The molecule has 12 nitrogen and oxygen atoms in total. The van der Waals surface area contributed by atoms with Crippen LogP contribution in [-0.4, -0.2) is 37.3 Å². The third-order valence-corrected chi connectivity index (χ3v) is 5.45. The number of nitrogens with one attached hydrogen (secondary N) is 3. The summed E-state index contributed by atoms with van der Waals surface area (Å²) in [4.78, 5) is 55.2. The van der Waals surface area contributed by atoms with Crippen molar-refractivity contribution in [3.05, 3.63) is 99.4 Å². The van der Waals surface area contributed by atoms with Crippen LogP contribution in [-0.2, 0) is 13.1 Å². The molecule has 0 unspecified atom stereocenters. The van der Waals surface area contributed by atoms with E-state index in [4.69, 9.17) is 10.2 Å². The van der Waals surface area contributed by atoms with Gasteiger partial charge >= 0.3 is 5.76 Å². The van der Waals surface area contributed by atoms with Gasteiger partial charge < -0.3 is 20.8 Å². The molecule has 0 saturated heterocycles. The topological polar surface area (TPSA) is 177 Å². The number of carbonyl (C=O) groups is 3. The first-order valence-electron chi connectivity index (χ1n) is 10.8. The number of hydrogen-bond donors (Lipinski definition) is 4. The highest BCUT2D eigenvalue weighted by molar-refractivity contribution is 5.98. The maximum absolute atomic E-state index is 12.9. The van der Waals surface area contributed by atoms with E-state index in [9.17, 15) is 19.2 Å². The van der Waals surface area contributed by atoms with Crippen LogP contribution >= 0.6 is 0 Å². The van der Waals surface area contributed by atoms with Crippen molar-refractivity contribution in [2.45, 2.75) is 13.1 Å². The average molecular weight is 485 g/mol. The quantitative estimate of drug-likeness (QED) is 0.267. The highest BCUT2D eigenvalue weighted by Crippen LogP contribution is 2.13. The van der Waals surface area contributed by atoms with Gasteiger partial charge in [-0.2, -0.15) is 5.10 Å². The molecule has 5 N–H and O–H groups in total. The molecule has 5 aromatic rings. The summed E-state index contributed by atoms with van der Waals surface area (Å²) in [5.74, 6) is -2.05. The number of rotatable bonds is 7. The summed E-state index contributed by atoms with van der Waals surface area (Å²) >= 11 is 0. The number of primary amides is 1. The molecule has 0 fully saturated rings. The first kappa shape index (κ1) is 22.5. The lowest BCUT2D eigenvalue weighted by Crippen LogP contribution is -2.28. The van der Waals surface area contributed by atoms with Crippen LogP contribution in [0.3, 0.4) is 0 Å². The Morgan fingerprint density at radius 2 is 1.67 bits per heavy atom. The summed E-state index contributed by atoms with van der Waals surface area (Å²) in [6.45, 7) is 0.347. The summed E-state index contributed by atoms with van der Waals surface area (Å²) in [5, 5.41) is 9.66. The molecule has 5 rings (SSSR count). The zero-order valence-electron chi connectivity index (χ0n) is 18.6. The highest BCUT2D eigenvalue weighted by Gasteiger charge is 2.18. The number of hydrogen-bond acceptors (Lipinski definition) is 7. The number of aromatic nitrogens is 4. The van der Waals surface area contributed by atoms with Crippen molar-refractivity contribution in [1.82, 2.24) is 30.2 Å². The standard InChI is InChI=1S/C24H19N7O5/c25-21(32)15-4-1-13(2-5-15)11-27-23(34)18-10-17(29-20-7-8-28-31(18)20)22(33)26-12-14-3-6-19-16(9-14)30-24(35)36-19/h1-10H,11-12H2,(H2,25,32)(H,26,33)(H,27,34)(H,30,35). The molecule has 0 spiro atoms. The van der Waals surface area contributed by atoms with E-state index in [1.165, 1.54) is 16.8 Å². The normalized spacial score (nSPS) is 11.0. The summed E-state index contributed by atoms with van der Waals surface area (Å²) in [6.07, 6.45) is 1.48. The van der Waals surface area contributed by atoms with Crippen LogP contribution in [0.25, 0.3) is 16.7 Å². The third kappa shape index (κ3) is 4.55. The van der Waals surface area contributed by atoms with Crippen LogP contribution in [0.2, 0.25) is 0 Å². The Morgan fingerprint density at radius 1 is 0.944 bits per heavy atom. The molecule has 3 heterocycles. The number of H-pyrrole nitrogens is 1. The molecule has 3 aromatic heterocycles. The minimum atomic E-state index is -0.557. The van der Waals surface area contributed by atoms with Gasteiger partial charge in [-0.3, -0.25) is 19.4 Å². The van der Waals surface area contributed by atoms with Crippen molar-refractivity contribution >= 4 is 34.5 Å². The van der Waals surface area contributed by atoms with Gasteiger partial charge in [0.25, 0.3) is 11.8 Å². The summed E-state index contributed by atoms with van der Waals surface area (Å²) in [5.41, 5.74) is 8.54. The molecule has 3 amide bonds. The van der Waals surface area contributed by atoms with E-state index in [0.29, 0.717) is 22.3 Å². The zero-order valence-corrected chi connectivity index (χ0v) is 18.6. The molecule has 0 aliphatic heterocycles. The average Bonchev–Trinajstić information content (AvgIpc) is 3.50. The van der Waals surface area contributed by atoms with Gasteiger partial charge in [0.1, 0.15) is 11.4 Å². The van der Waals surface area contributed by atoms with E-state index in [1.807, 2.05) is 0 Å². The number of nitrogens with two attached hydrogens (primary N) is 1. The molecule has 36 heavy (non-hydrogen) atoms. The lowest BCUT2D eigenvalue weighted by molar-refractivity contribution is 0.0940. The molecule has 0 radical (unpaired) electrons. The van der Waals surface area contributed by atoms with Crippen molar-refractivity contribution < 1.29 is 18.8 Å². The number of oxazole rings is 1. The van der Waals surface area contributed by atoms with Gasteiger partial charge in [0.2, 0.25) is 5.91 Å². The molecule has 12 heteroatoms. The Bertz CT molecular complexity index is 1680. The van der Waals surface area contributed by atoms with Crippen LogP contribution in [0.4, 0.5) is 0 Å². The molecule has 0 aliphatic rings. The maximum Gasteiger partial charge on any atom is 0.417 e. The fourth-order valence-corrected chi connectivity index (χ4v) is 3.63. The number of fused-ring (bicyclic) bond motifs is 2. The van der Waals surface area contributed by atoms with Gasteiger partial charge in [-0.1, -0.05) is 18.2 Å². The van der Waals surface area contributed by atoms with Gasteiger partial charge in [-0.15, -0.1) is 0 Å². The molecule has 0 aliphatic carbocycles. The van der Waals surface area contributed by atoms with E-state index in [0.717, 1.165) is 11.1 Å². The molecule has 0 atom stereocenters. The Hall–Kier alpha value is -5.26. The van der Waals surface area contributed by atoms with Gasteiger partial charge in [-0.25, -0.2) is 14.3 Å². The number of carbonyl (C=O) groups excluding carboxylic acids is 3. The van der Waals surface area contributed by atoms with Crippen molar-refractivity contribution in [1.29, 1.82) is 0 Å². The fraction of sp³-hybridized carbons (Fsp3) is 0.0833. The number of nitrogens with zero attached hydrogens (tertiary/aromatic N) is 3. The predicted octanol–water partition coefficient (Wildman–Crippen LogP) is 1.12. The van der Waals surface area contributed by atoms with Gasteiger partial charge in [0.05, 0.1) is 11.7 Å². The van der Waals surface area contributed by atoms with Crippen molar-refractivity contribution in [3.63, 3.8) is 0 Å². The minimum Gasteiger partial charge on any atom is -0.408 e. The molecular weight excluding hydrogens is 466 g/mol. The lowest BCUT2D eigenvalue weighted by Gasteiger charge is -2.10. The zero-order chi connectivity index (χ0) is 25.2. The number of aromatic amines is 1. The van der Waals surface area contributed by atoms with Crippen molar-refractivity contribution in [2.75, 3.05) is 0 Å². The first-order valence-corrected chi connectivity index (χ1v) is 10.8. The SMILES string of the molecule is NC(=O)c1ccc(CNC(=O)c2cc(C(=O)NCc3ccc4oc(=O)[nH]c4c3)nc3ccnn23)cc1. The first-order chi connectivity index (χ1) is 17.4. The van der Waals surface area contributed by atoms with Crippen molar-refractivity contribution in [2.24, 2.45) is 5.73 Å². The molecule has 180 valence electrons. The van der Waals surface area contributed by atoms with E-state index in [2.05, 4.69) is 25.7 Å². The van der Waals surface area contributed by atoms with Crippen LogP contribution in [0.1, 0.15) is 42.5 Å². The monoisotopic (exact) mass is 485 g/mol. The second kappa shape index (κ2) is 9.18. The minimum absolute atomic E-state index is 0.0387. The molecule has 0 bridgehead atoms. The smallest absolute Gasteiger partial charge is 0.408 e. The Labute approximate surface area is 202 Å². The van der Waals surface area contributed by atoms with Gasteiger partial charge in [-0.05, 0) is 35.4 Å². The van der Waals surface area contributed by atoms with Crippen molar-refractivity contribution in [3.8, 4) is 0 Å². The van der Waals surface area contributed by atoms with Crippen LogP contribution in [0, 0.1) is 0 Å². The van der Waals surface area contributed by atoms with E-state index < -0.39 is 23.5 Å². The van der Waals surface area contributed by atoms with Crippen LogP contribution in [0.15, 0.2) is 70.0 Å².